The SMILES string of the molecule is CCc1c[n+]2c(cc1C1=CN3c4ccccc4C45CC[N+]6(C)CC(=CCO)C(CC46)C(C1O)C35)-c1[nH]c3cccc(OC)c3c1CC2. The van der Waals surface area contributed by atoms with Crippen LogP contribution in [0.5, 0.6) is 5.75 Å². The van der Waals surface area contributed by atoms with Crippen LogP contribution in [0.4, 0.5) is 5.69 Å². The number of piperidine rings is 1. The second-order valence-electron chi connectivity index (χ2n) is 15.2. The summed E-state index contributed by atoms with van der Waals surface area (Å²) in [6.45, 7) is 5.30. The van der Waals surface area contributed by atoms with Crippen molar-refractivity contribution >= 4 is 22.2 Å². The molecule has 6 aliphatic rings. The van der Waals surface area contributed by atoms with E-state index in [1.54, 1.807) is 7.11 Å². The Kier molecular flexibility index (Phi) is 5.74. The lowest BCUT2D eigenvalue weighted by molar-refractivity contribution is -0.925. The highest BCUT2D eigenvalue weighted by Gasteiger charge is 2.74. The molecule has 2 saturated heterocycles. The number of aromatic nitrogens is 2. The minimum atomic E-state index is -0.604. The molecule has 3 fully saturated rings. The van der Waals surface area contributed by atoms with Crippen molar-refractivity contribution in [1.29, 1.82) is 0 Å². The summed E-state index contributed by atoms with van der Waals surface area (Å²) in [6, 6.07) is 18.4. The van der Waals surface area contributed by atoms with E-state index in [2.05, 4.69) is 89.4 Å². The van der Waals surface area contributed by atoms with Gasteiger partial charge in [-0.25, -0.2) is 0 Å². The smallest absolute Gasteiger partial charge is 0.229 e. The number of ether oxygens (including phenoxy) is 1. The Labute approximate surface area is 276 Å². The number of aliphatic hydroxyl groups excluding tert-OH is 2. The Hall–Kier alpha value is -3.91. The molecule has 7 nitrogen and oxygen atoms in total. The summed E-state index contributed by atoms with van der Waals surface area (Å²) < 4.78 is 9.25. The number of H-pyrrole nitrogens is 1. The Morgan fingerprint density at radius 1 is 1.19 bits per heavy atom. The lowest BCUT2D eigenvalue weighted by atomic mass is 9.53. The third-order valence-electron chi connectivity index (χ3n) is 13.4. The number of hydrogen-bond donors (Lipinski definition) is 3. The van der Waals surface area contributed by atoms with Gasteiger partial charge in [0.25, 0.3) is 0 Å². The molecular weight excluding hydrogens is 584 g/mol. The number of methoxy groups -OCH3 is 1. The number of aryl methyl sites for hydroxylation is 3. The molecule has 10 rings (SSSR count). The maximum absolute atomic E-state index is 12.8. The normalized spacial score (nSPS) is 33.4. The number of rotatable bonds is 4. The number of para-hydroxylation sites is 1. The number of quaternary nitrogens is 1. The lowest BCUT2D eigenvalue weighted by Crippen LogP contribution is -2.70. The summed E-state index contributed by atoms with van der Waals surface area (Å²) in [5, 5.41) is 24.2. The van der Waals surface area contributed by atoms with Crippen molar-refractivity contribution in [3.63, 3.8) is 0 Å². The third kappa shape index (κ3) is 3.40. The molecule has 1 spiro atoms. The zero-order valence-corrected chi connectivity index (χ0v) is 27.5. The average Bonchev–Trinajstić information content (AvgIpc) is 3.73. The van der Waals surface area contributed by atoms with Gasteiger partial charge in [-0.15, -0.1) is 0 Å². The van der Waals surface area contributed by atoms with E-state index in [4.69, 9.17) is 4.74 Å². The van der Waals surface area contributed by atoms with Gasteiger partial charge in [-0.3, -0.25) is 0 Å². The van der Waals surface area contributed by atoms with Crippen LogP contribution in [0.2, 0.25) is 0 Å². The fourth-order valence-electron chi connectivity index (χ4n) is 11.6. The second-order valence-corrected chi connectivity index (χ2v) is 15.2. The number of benzene rings is 2. The molecule has 7 atom stereocenters. The predicted molar refractivity (Wildman–Crippen MR) is 183 cm³/mol. The summed E-state index contributed by atoms with van der Waals surface area (Å²) in [5.41, 5.74) is 12.3. The van der Waals surface area contributed by atoms with Gasteiger partial charge >= 0.3 is 0 Å². The molecule has 47 heavy (non-hydrogen) atoms. The van der Waals surface area contributed by atoms with Crippen molar-refractivity contribution in [1.82, 2.24) is 4.98 Å². The Bertz CT molecular complexity index is 2060. The van der Waals surface area contributed by atoms with Crippen LogP contribution in [-0.2, 0) is 24.8 Å². The molecule has 2 aromatic heterocycles. The van der Waals surface area contributed by atoms with Gasteiger partial charge in [-0.1, -0.05) is 37.3 Å². The van der Waals surface area contributed by atoms with E-state index in [1.807, 2.05) is 6.07 Å². The topological polar surface area (TPSA) is 72.6 Å². The summed E-state index contributed by atoms with van der Waals surface area (Å²) in [7, 11) is 4.20. The first kappa shape index (κ1) is 28.1. The van der Waals surface area contributed by atoms with Crippen LogP contribution in [0.1, 0.15) is 42.0 Å². The van der Waals surface area contributed by atoms with E-state index in [9.17, 15) is 10.2 Å². The zero-order valence-electron chi connectivity index (χ0n) is 27.5. The minimum Gasteiger partial charge on any atom is -0.496 e. The molecule has 3 N–H and O–H groups in total. The molecule has 1 aliphatic carbocycles. The molecular formula is C40H44N4O3+2. The third-order valence-corrected chi connectivity index (χ3v) is 13.4. The Morgan fingerprint density at radius 3 is 2.89 bits per heavy atom. The Balaban J connectivity index is 1.19. The maximum Gasteiger partial charge on any atom is 0.229 e. The number of fused-ring (bicyclic) bond motifs is 9. The first-order chi connectivity index (χ1) is 22.9. The number of aromatic amines is 1. The van der Waals surface area contributed by atoms with Gasteiger partial charge in [0.1, 0.15) is 24.0 Å². The average molecular weight is 629 g/mol. The highest BCUT2D eigenvalue weighted by Crippen LogP contribution is 2.67. The van der Waals surface area contributed by atoms with Crippen LogP contribution in [0.15, 0.2) is 72.6 Å². The molecule has 0 amide bonds. The van der Waals surface area contributed by atoms with Gasteiger partial charge in [0.15, 0.2) is 12.7 Å². The van der Waals surface area contributed by atoms with Gasteiger partial charge in [0, 0.05) is 65.2 Å². The van der Waals surface area contributed by atoms with Gasteiger partial charge in [-0.05, 0) is 47.2 Å². The first-order valence-corrected chi connectivity index (χ1v) is 17.6. The molecule has 0 radical (unpaired) electrons. The minimum absolute atomic E-state index is 0.0257. The first-order valence-electron chi connectivity index (χ1n) is 17.6. The van der Waals surface area contributed by atoms with Crippen molar-refractivity contribution < 1.29 is 24.0 Å². The molecule has 7 heteroatoms. The molecule has 240 valence electrons. The van der Waals surface area contributed by atoms with E-state index >= 15 is 0 Å². The van der Waals surface area contributed by atoms with E-state index in [0.29, 0.717) is 6.04 Å². The molecule has 2 bridgehead atoms. The maximum atomic E-state index is 12.8. The predicted octanol–water partition coefficient (Wildman–Crippen LogP) is 4.88. The van der Waals surface area contributed by atoms with E-state index in [1.165, 1.54) is 33.3 Å². The molecule has 7 heterocycles. The number of nitrogens with one attached hydrogen (secondary N) is 1. The molecule has 2 aromatic carbocycles. The highest BCUT2D eigenvalue weighted by atomic mass is 16.5. The zero-order chi connectivity index (χ0) is 31.8. The monoisotopic (exact) mass is 628 g/mol. The number of pyridine rings is 1. The second kappa shape index (κ2) is 9.59. The van der Waals surface area contributed by atoms with Gasteiger partial charge in [0.2, 0.25) is 5.69 Å². The quantitative estimate of drug-likeness (QED) is 0.171. The van der Waals surface area contributed by atoms with Crippen LogP contribution >= 0.6 is 0 Å². The van der Waals surface area contributed by atoms with Crippen LogP contribution in [0.3, 0.4) is 0 Å². The number of anilines is 1. The van der Waals surface area contributed by atoms with Crippen molar-refractivity contribution in [3.05, 3.63) is 94.8 Å². The van der Waals surface area contributed by atoms with E-state index in [-0.39, 0.29) is 29.9 Å². The molecule has 1 saturated carbocycles. The Morgan fingerprint density at radius 2 is 2.06 bits per heavy atom. The van der Waals surface area contributed by atoms with E-state index < -0.39 is 6.10 Å². The summed E-state index contributed by atoms with van der Waals surface area (Å²) >= 11 is 0. The molecule has 7 unspecified atom stereocenters. The van der Waals surface area contributed by atoms with Crippen LogP contribution in [-0.4, -0.2) is 71.7 Å². The fourth-order valence-corrected chi connectivity index (χ4v) is 11.6. The summed E-state index contributed by atoms with van der Waals surface area (Å²) in [5.74, 6) is 1.20. The van der Waals surface area contributed by atoms with Crippen LogP contribution in [0.25, 0.3) is 27.9 Å². The van der Waals surface area contributed by atoms with Crippen molar-refractivity contribution in [2.45, 2.75) is 62.8 Å². The van der Waals surface area contributed by atoms with Crippen molar-refractivity contribution in [2.24, 2.45) is 11.8 Å². The van der Waals surface area contributed by atoms with Crippen LogP contribution < -0.4 is 14.2 Å². The van der Waals surface area contributed by atoms with E-state index in [0.717, 1.165) is 83.6 Å². The van der Waals surface area contributed by atoms with Crippen molar-refractivity contribution in [3.8, 4) is 17.1 Å². The highest BCUT2D eigenvalue weighted by molar-refractivity contribution is 5.95. The number of nitrogens with zero attached hydrogens (tertiary/aromatic N) is 3. The molecule has 5 aliphatic heterocycles. The largest absolute Gasteiger partial charge is 0.496 e. The summed E-state index contributed by atoms with van der Waals surface area (Å²) in [6.07, 6.45) is 10.2. The number of hydrogen-bond acceptors (Lipinski definition) is 4. The van der Waals surface area contributed by atoms with Gasteiger partial charge in [-0.2, -0.15) is 4.57 Å². The summed E-state index contributed by atoms with van der Waals surface area (Å²) in [4.78, 5) is 6.34. The standard InChI is InChI=1S/C40H43N4O3/c1-4-23-20-42-15-12-25-35-30(9-7-11-33(35)47-3)41-37(25)32(42)18-26(23)28-21-43-31-10-6-5-8-29(31)40-14-16-44(2)22-24(13-17-45)27(19-34(40)44)36(38(28)46)39(40)43/h5-11,13,18,20-21,27,34,36,38-39,45-46H,4,12,14-17,19,22H2,1-3H3/q+1/p+1. The lowest BCUT2D eigenvalue weighted by Gasteiger charge is -2.59. The number of aliphatic hydroxyl groups is 2. The number of likely N-dealkylation sites (N-methyl/N-ethyl adjacent to an activating group) is 1. The van der Waals surface area contributed by atoms with Crippen LogP contribution in [0, 0.1) is 11.8 Å². The van der Waals surface area contributed by atoms with Gasteiger partial charge < -0.3 is 29.3 Å². The van der Waals surface area contributed by atoms with Gasteiger partial charge in [0.05, 0.1) is 50.4 Å². The molecule has 4 aromatic rings. The fraction of sp³-hybridized carbons (Fsp3) is 0.425. The van der Waals surface area contributed by atoms with Crippen molar-refractivity contribution in [2.75, 3.05) is 38.8 Å².